The molecule has 3 rings (SSSR count). The molecule has 0 heterocycles. The van der Waals surface area contributed by atoms with Crippen LogP contribution < -0.4 is 4.74 Å². The fraction of sp³-hybridized carbons (Fsp3) is 0.462. The number of hydrogen-bond donors (Lipinski definition) is 0. The Labute approximate surface area is 196 Å². The normalized spacial score (nSPS) is 14.1. The van der Waals surface area contributed by atoms with Crippen LogP contribution in [0, 0.1) is 0 Å². The van der Waals surface area contributed by atoms with E-state index in [2.05, 4.69) is 0 Å². The summed E-state index contributed by atoms with van der Waals surface area (Å²) in [6.07, 6.45) is 6.62. The molecule has 0 N–H and O–H groups in total. The first-order chi connectivity index (χ1) is 15.6. The van der Waals surface area contributed by atoms with Crippen molar-refractivity contribution in [2.45, 2.75) is 49.5 Å². The highest BCUT2D eigenvalue weighted by Gasteiger charge is 2.23. The Morgan fingerprint density at radius 2 is 1.66 bits per heavy atom. The lowest BCUT2D eigenvalue weighted by atomic mass is 9.94. The monoisotopic (exact) mass is 454 g/mol. The Morgan fingerprint density at radius 1 is 0.969 bits per heavy atom. The average molecular weight is 455 g/mol. The van der Waals surface area contributed by atoms with Crippen molar-refractivity contribution in [3.63, 3.8) is 0 Å². The zero-order valence-corrected chi connectivity index (χ0v) is 20.0. The zero-order chi connectivity index (χ0) is 22.8. The Morgan fingerprint density at radius 3 is 2.41 bits per heavy atom. The summed E-state index contributed by atoms with van der Waals surface area (Å²) < 4.78 is 5.72. The van der Waals surface area contributed by atoms with E-state index in [1.807, 2.05) is 73.6 Å². The van der Waals surface area contributed by atoms with Crippen LogP contribution in [0.1, 0.15) is 48.9 Å². The molecule has 0 atom stereocenters. The average Bonchev–Trinajstić information content (AvgIpc) is 2.85. The van der Waals surface area contributed by atoms with Crippen LogP contribution in [0.3, 0.4) is 0 Å². The van der Waals surface area contributed by atoms with Gasteiger partial charge >= 0.3 is 0 Å². The van der Waals surface area contributed by atoms with Gasteiger partial charge in [0.05, 0.1) is 17.9 Å². The van der Waals surface area contributed by atoms with E-state index in [4.69, 9.17) is 4.74 Å². The van der Waals surface area contributed by atoms with Crippen molar-refractivity contribution >= 4 is 23.6 Å². The second kappa shape index (κ2) is 12.5. The van der Waals surface area contributed by atoms with Crippen LogP contribution in [-0.2, 0) is 4.79 Å². The third-order valence-electron chi connectivity index (χ3n) is 5.98. The number of carbonyl (C=O) groups excluding carboxylic acids is 2. The number of ether oxygens (including phenoxy) is 1. The lowest BCUT2D eigenvalue weighted by Gasteiger charge is -2.31. The maximum atomic E-state index is 13.0. The molecule has 172 valence electrons. The molecule has 1 aliphatic rings. The summed E-state index contributed by atoms with van der Waals surface area (Å²) in [7, 11) is 3.73. The quantitative estimate of drug-likeness (QED) is 0.370. The van der Waals surface area contributed by atoms with Gasteiger partial charge in [0.2, 0.25) is 5.91 Å². The van der Waals surface area contributed by atoms with Crippen LogP contribution in [0.4, 0.5) is 0 Å². The first kappa shape index (κ1) is 24.2. The van der Waals surface area contributed by atoms with Gasteiger partial charge in [-0.2, -0.15) is 0 Å². The van der Waals surface area contributed by atoms with Gasteiger partial charge in [0.1, 0.15) is 5.75 Å². The minimum absolute atomic E-state index is 0.0269. The maximum absolute atomic E-state index is 13.0. The first-order valence-electron chi connectivity index (χ1n) is 11.5. The van der Waals surface area contributed by atoms with E-state index >= 15 is 0 Å². The van der Waals surface area contributed by atoms with Crippen LogP contribution in [0.15, 0.2) is 59.5 Å². The molecule has 6 heteroatoms. The fourth-order valence-electron chi connectivity index (χ4n) is 4.00. The summed E-state index contributed by atoms with van der Waals surface area (Å²) in [5.74, 6) is 1.30. The Balaban J connectivity index is 1.49. The van der Waals surface area contributed by atoms with Gasteiger partial charge in [-0.3, -0.25) is 9.59 Å². The molecule has 0 saturated heterocycles. The van der Waals surface area contributed by atoms with E-state index < -0.39 is 0 Å². The van der Waals surface area contributed by atoms with E-state index in [-0.39, 0.29) is 11.8 Å². The predicted molar refractivity (Wildman–Crippen MR) is 130 cm³/mol. The molecule has 0 aromatic heterocycles. The minimum Gasteiger partial charge on any atom is -0.494 e. The van der Waals surface area contributed by atoms with Gasteiger partial charge < -0.3 is 14.5 Å². The third-order valence-corrected chi connectivity index (χ3v) is 7.04. The van der Waals surface area contributed by atoms with Gasteiger partial charge in [0.25, 0.3) is 5.91 Å². The molecule has 1 saturated carbocycles. The van der Waals surface area contributed by atoms with Gasteiger partial charge in [-0.15, -0.1) is 11.8 Å². The van der Waals surface area contributed by atoms with Gasteiger partial charge in [-0.1, -0.05) is 49.6 Å². The van der Waals surface area contributed by atoms with Crippen molar-refractivity contribution in [3.8, 4) is 5.75 Å². The molecular weight excluding hydrogens is 420 g/mol. The van der Waals surface area contributed by atoms with Gasteiger partial charge in [0.15, 0.2) is 0 Å². The number of benzene rings is 2. The SMILES string of the molecule is CN(CCCOc1ccccc1)C(=O)c1ccccc1SCC(=O)N(C)C1CCCCC1. The summed E-state index contributed by atoms with van der Waals surface area (Å²) in [5.41, 5.74) is 0.650. The first-order valence-corrected chi connectivity index (χ1v) is 12.5. The molecule has 0 unspecified atom stereocenters. The van der Waals surface area contributed by atoms with Crippen LogP contribution in [0.5, 0.6) is 5.75 Å². The number of rotatable bonds is 10. The molecule has 0 bridgehead atoms. The van der Waals surface area contributed by atoms with Crippen LogP contribution in [0.2, 0.25) is 0 Å². The summed E-state index contributed by atoms with van der Waals surface area (Å²) in [6, 6.07) is 17.6. The summed E-state index contributed by atoms with van der Waals surface area (Å²) in [5, 5.41) is 0. The van der Waals surface area contributed by atoms with Crippen molar-refractivity contribution in [2.75, 3.05) is 33.0 Å². The van der Waals surface area contributed by atoms with E-state index in [0.29, 0.717) is 30.5 Å². The number of hydrogen-bond acceptors (Lipinski definition) is 4. The summed E-state index contributed by atoms with van der Waals surface area (Å²) in [6.45, 7) is 1.16. The lowest BCUT2D eigenvalue weighted by Crippen LogP contribution is -2.39. The molecule has 5 nitrogen and oxygen atoms in total. The Kier molecular flexibility index (Phi) is 9.47. The second-order valence-electron chi connectivity index (χ2n) is 8.32. The smallest absolute Gasteiger partial charge is 0.254 e. The molecule has 2 amide bonds. The van der Waals surface area contributed by atoms with Crippen molar-refractivity contribution in [1.82, 2.24) is 9.80 Å². The molecule has 1 aliphatic carbocycles. The number of para-hydroxylation sites is 1. The van der Waals surface area contributed by atoms with Gasteiger partial charge in [0, 0.05) is 31.6 Å². The van der Waals surface area contributed by atoms with Crippen LogP contribution in [0.25, 0.3) is 0 Å². The zero-order valence-electron chi connectivity index (χ0n) is 19.2. The van der Waals surface area contributed by atoms with Gasteiger partial charge in [-0.25, -0.2) is 0 Å². The summed E-state index contributed by atoms with van der Waals surface area (Å²) >= 11 is 1.46. The standard InChI is InChI=1S/C26H34N2O3S/c1-27(18-11-19-31-22-14-7-4-8-15-22)26(30)23-16-9-10-17-24(23)32-20-25(29)28(2)21-12-5-3-6-13-21/h4,7-10,14-17,21H,3,5-6,11-13,18-20H2,1-2H3. The number of amides is 2. The fourth-order valence-corrected chi connectivity index (χ4v) is 4.97. The third kappa shape index (κ3) is 7.02. The van der Waals surface area contributed by atoms with Crippen LogP contribution in [-0.4, -0.2) is 60.7 Å². The molecule has 2 aromatic rings. The summed E-state index contributed by atoms with van der Waals surface area (Å²) in [4.78, 5) is 30.2. The molecule has 0 aliphatic heterocycles. The number of thioether (sulfide) groups is 1. The highest BCUT2D eigenvalue weighted by atomic mass is 32.2. The number of nitrogens with zero attached hydrogens (tertiary/aromatic N) is 2. The molecule has 0 spiro atoms. The van der Waals surface area contributed by atoms with Gasteiger partial charge in [-0.05, 0) is 43.5 Å². The Hall–Kier alpha value is -2.47. The topological polar surface area (TPSA) is 49.9 Å². The molecule has 0 radical (unpaired) electrons. The van der Waals surface area contributed by atoms with E-state index in [1.165, 1.54) is 31.0 Å². The molecule has 2 aromatic carbocycles. The second-order valence-corrected chi connectivity index (χ2v) is 9.34. The van der Waals surface area contributed by atoms with Crippen molar-refractivity contribution in [1.29, 1.82) is 0 Å². The highest BCUT2D eigenvalue weighted by Crippen LogP contribution is 2.26. The Bertz CT molecular complexity index is 868. The molecular formula is C26H34N2O3S. The van der Waals surface area contributed by atoms with E-state index in [9.17, 15) is 9.59 Å². The van der Waals surface area contributed by atoms with Crippen molar-refractivity contribution in [3.05, 3.63) is 60.2 Å². The lowest BCUT2D eigenvalue weighted by molar-refractivity contribution is -0.129. The molecule has 1 fully saturated rings. The van der Waals surface area contributed by atoms with Crippen molar-refractivity contribution in [2.24, 2.45) is 0 Å². The largest absolute Gasteiger partial charge is 0.494 e. The van der Waals surface area contributed by atoms with E-state index in [0.717, 1.165) is 29.9 Å². The number of carbonyl (C=O) groups is 2. The minimum atomic E-state index is -0.0269. The highest BCUT2D eigenvalue weighted by molar-refractivity contribution is 8.00. The van der Waals surface area contributed by atoms with Crippen LogP contribution >= 0.6 is 11.8 Å². The molecule has 32 heavy (non-hydrogen) atoms. The predicted octanol–water partition coefficient (Wildman–Crippen LogP) is 5.11. The maximum Gasteiger partial charge on any atom is 0.254 e. The van der Waals surface area contributed by atoms with Crippen molar-refractivity contribution < 1.29 is 14.3 Å². The van der Waals surface area contributed by atoms with E-state index in [1.54, 1.807) is 4.90 Å².